The Bertz CT molecular complexity index is 715. The van der Waals surface area contributed by atoms with Gasteiger partial charge in [-0.05, 0) is 30.7 Å². The monoisotopic (exact) mass is 456 g/mol. The number of hydrogen-bond acceptors (Lipinski definition) is 3. The van der Waals surface area contributed by atoms with E-state index in [0.717, 1.165) is 36.1 Å². The fraction of sp³-hybridized carbons (Fsp3) is 0.389. The van der Waals surface area contributed by atoms with E-state index in [-0.39, 0.29) is 24.0 Å². The molecule has 2 N–H and O–H groups in total. The Kier molecular flexibility index (Phi) is 7.42. The van der Waals surface area contributed by atoms with Gasteiger partial charge in [0.1, 0.15) is 0 Å². The van der Waals surface area contributed by atoms with Crippen molar-refractivity contribution in [2.24, 2.45) is 12.0 Å². The summed E-state index contributed by atoms with van der Waals surface area (Å²) in [7, 11) is 2.01. The number of hydrogen-bond donors (Lipinski definition) is 2. The lowest BCUT2D eigenvalue weighted by atomic mass is 10.2. The van der Waals surface area contributed by atoms with Gasteiger partial charge in [-0.3, -0.25) is 0 Å². The van der Waals surface area contributed by atoms with Gasteiger partial charge >= 0.3 is 0 Å². The van der Waals surface area contributed by atoms with E-state index in [4.69, 9.17) is 9.47 Å². The molecule has 0 unspecified atom stereocenters. The fourth-order valence-corrected chi connectivity index (χ4v) is 2.51. The molecule has 0 atom stereocenters. The zero-order valence-electron chi connectivity index (χ0n) is 14.6. The number of benzene rings is 1. The third-order valence-electron chi connectivity index (χ3n) is 3.67. The van der Waals surface area contributed by atoms with Gasteiger partial charge in [0, 0.05) is 44.2 Å². The fourth-order valence-electron chi connectivity index (χ4n) is 2.51. The maximum absolute atomic E-state index is 5.73. The molecule has 0 fully saturated rings. The van der Waals surface area contributed by atoms with Crippen LogP contribution in [0.1, 0.15) is 18.9 Å². The molecule has 3 rings (SSSR count). The maximum atomic E-state index is 5.73. The van der Waals surface area contributed by atoms with Crippen molar-refractivity contribution in [1.82, 2.24) is 9.88 Å². The Morgan fingerprint density at radius 3 is 2.72 bits per heavy atom. The van der Waals surface area contributed by atoms with E-state index in [1.165, 1.54) is 5.56 Å². The van der Waals surface area contributed by atoms with E-state index in [0.29, 0.717) is 19.8 Å². The molecule has 0 bridgehead atoms. The normalized spacial score (nSPS) is 13.6. The Morgan fingerprint density at radius 1 is 1.20 bits per heavy atom. The first-order valence-electron chi connectivity index (χ1n) is 8.30. The van der Waals surface area contributed by atoms with Crippen LogP contribution < -0.4 is 20.1 Å². The number of aromatic nitrogens is 1. The summed E-state index contributed by atoms with van der Waals surface area (Å²) in [6.45, 7) is 4.85. The Morgan fingerprint density at radius 2 is 2.00 bits per heavy atom. The predicted molar refractivity (Wildman–Crippen MR) is 111 cm³/mol. The van der Waals surface area contributed by atoms with Crippen molar-refractivity contribution in [2.45, 2.75) is 19.9 Å². The second kappa shape index (κ2) is 9.55. The summed E-state index contributed by atoms with van der Waals surface area (Å²) in [5.41, 5.74) is 2.10. The smallest absolute Gasteiger partial charge is 0.196 e. The first-order chi connectivity index (χ1) is 11.7. The number of aryl methyl sites for hydroxylation is 1. The molecule has 1 aromatic heterocycles. The number of nitrogens with zero attached hydrogens (tertiary/aromatic N) is 2. The van der Waals surface area contributed by atoms with E-state index in [1.807, 2.05) is 42.9 Å². The van der Waals surface area contributed by atoms with Crippen LogP contribution in [0.4, 0.5) is 5.69 Å². The SMILES string of the molecule is CCNC(=NCc1ccn(C)c1)Nc1ccc2c(c1)OCCCO2.I. The lowest BCUT2D eigenvalue weighted by Gasteiger charge is -2.13. The highest BCUT2D eigenvalue weighted by Crippen LogP contribution is 2.32. The number of ether oxygens (including phenoxy) is 2. The number of anilines is 1. The zero-order valence-corrected chi connectivity index (χ0v) is 16.9. The minimum absolute atomic E-state index is 0. The van der Waals surface area contributed by atoms with Crippen LogP contribution in [0.3, 0.4) is 0 Å². The molecule has 0 radical (unpaired) electrons. The van der Waals surface area contributed by atoms with Crippen molar-refractivity contribution in [1.29, 1.82) is 0 Å². The highest BCUT2D eigenvalue weighted by Gasteiger charge is 2.11. The van der Waals surface area contributed by atoms with Crippen LogP contribution in [0.2, 0.25) is 0 Å². The number of rotatable bonds is 4. The molecule has 25 heavy (non-hydrogen) atoms. The van der Waals surface area contributed by atoms with E-state index < -0.39 is 0 Å². The summed E-state index contributed by atoms with van der Waals surface area (Å²) in [6, 6.07) is 7.93. The molecular weight excluding hydrogens is 431 g/mol. The van der Waals surface area contributed by atoms with E-state index in [9.17, 15) is 0 Å². The molecular formula is C18H25IN4O2. The molecule has 0 saturated carbocycles. The number of guanidine groups is 1. The lowest BCUT2D eigenvalue weighted by molar-refractivity contribution is 0.297. The molecule has 1 aliphatic heterocycles. The van der Waals surface area contributed by atoms with Gasteiger partial charge in [0.2, 0.25) is 0 Å². The summed E-state index contributed by atoms with van der Waals surface area (Å²) in [6.07, 6.45) is 4.99. The van der Waals surface area contributed by atoms with Crippen LogP contribution in [0.25, 0.3) is 0 Å². The summed E-state index contributed by atoms with van der Waals surface area (Å²) >= 11 is 0. The van der Waals surface area contributed by atoms with Crippen LogP contribution in [0.5, 0.6) is 11.5 Å². The topological polar surface area (TPSA) is 59.8 Å². The van der Waals surface area contributed by atoms with Gasteiger partial charge in [0.25, 0.3) is 0 Å². The maximum Gasteiger partial charge on any atom is 0.196 e. The summed E-state index contributed by atoms with van der Waals surface area (Å²) in [4.78, 5) is 4.63. The standard InChI is InChI=1S/C18H24N4O2.HI/c1-3-19-18(20-12-14-7-8-22(2)13-14)21-15-5-6-16-17(11-15)24-10-4-9-23-16;/h5-8,11,13H,3-4,9-10,12H2,1-2H3,(H2,19,20,21);1H. The molecule has 0 aliphatic carbocycles. The summed E-state index contributed by atoms with van der Waals surface area (Å²) < 4.78 is 13.4. The summed E-state index contributed by atoms with van der Waals surface area (Å²) in [5, 5.41) is 6.58. The van der Waals surface area contributed by atoms with Gasteiger partial charge in [-0.2, -0.15) is 0 Å². The highest BCUT2D eigenvalue weighted by atomic mass is 127. The van der Waals surface area contributed by atoms with E-state index >= 15 is 0 Å². The molecule has 2 heterocycles. The largest absolute Gasteiger partial charge is 0.490 e. The van der Waals surface area contributed by atoms with Crippen LogP contribution in [0, 0.1) is 0 Å². The van der Waals surface area contributed by atoms with E-state index in [2.05, 4.69) is 27.9 Å². The van der Waals surface area contributed by atoms with Crippen molar-refractivity contribution >= 4 is 35.6 Å². The average molecular weight is 456 g/mol. The highest BCUT2D eigenvalue weighted by molar-refractivity contribution is 14.0. The number of halogens is 1. The minimum Gasteiger partial charge on any atom is -0.490 e. The quantitative estimate of drug-likeness (QED) is 0.421. The van der Waals surface area contributed by atoms with Crippen molar-refractivity contribution in [3.63, 3.8) is 0 Å². The Labute approximate surface area is 165 Å². The number of aliphatic imine (C=N–C) groups is 1. The zero-order chi connectivity index (χ0) is 16.8. The first-order valence-corrected chi connectivity index (χ1v) is 8.30. The third kappa shape index (κ3) is 5.55. The molecule has 7 heteroatoms. The molecule has 1 aromatic carbocycles. The van der Waals surface area contributed by atoms with E-state index in [1.54, 1.807) is 0 Å². The molecule has 1 aliphatic rings. The van der Waals surface area contributed by atoms with Gasteiger partial charge in [-0.1, -0.05) is 0 Å². The van der Waals surface area contributed by atoms with Crippen LogP contribution in [-0.2, 0) is 13.6 Å². The van der Waals surface area contributed by atoms with Crippen molar-refractivity contribution in [3.8, 4) is 11.5 Å². The molecule has 0 saturated heterocycles. The van der Waals surface area contributed by atoms with Gasteiger partial charge in [0.05, 0.1) is 19.8 Å². The number of nitrogens with one attached hydrogen (secondary N) is 2. The van der Waals surface area contributed by atoms with Gasteiger partial charge < -0.3 is 24.7 Å². The molecule has 0 spiro atoms. The van der Waals surface area contributed by atoms with Crippen LogP contribution >= 0.6 is 24.0 Å². The van der Waals surface area contributed by atoms with Crippen LogP contribution in [-0.4, -0.2) is 30.3 Å². The molecule has 6 nitrogen and oxygen atoms in total. The second-order valence-corrected chi connectivity index (χ2v) is 5.72. The Hall–Kier alpha value is -1.90. The minimum atomic E-state index is 0. The first kappa shape index (κ1) is 19.4. The average Bonchev–Trinajstić information content (AvgIpc) is 2.85. The van der Waals surface area contributed by atoms with Gasteiger partial charge in [-0.25, -0.2) is 4.99 Å². The van der Waals surface area contributed by atoms with Crippen molar-refractivity contribution in [2.75, 3.05) is 25.1 Å². The van der Waals surface area contributed by atoms with Crippen molar-refractivity contribution < 1.29 is 9.47 Å². The summed E-state index contributed by atoms with van der Waals surface area (Å²) in [5.74, 6) is 2.32. The van der Waals surface area contributed by atoms with Gasteiger partial charge in [0.15, 0.2) is 17.5 Å². The third-order valence-corrected chi connectivity index (χ3v) is 3.67. The molecule has 2 aromatic rings. The number of fused-ring (bicyclic) bond motifs is 1. The van der Waals surface area contributed by atoms with Gasteiger partial charge in [-0.15, -0.1) is 24.0 Å². The predicted octanol–water partition coefficient (Wildman–Crippen LogP) is 3.38. The van der Waals surface area contributed by atoms with Crippen LogP contribution in [0.15, 0.2) is 41.7 Å². The molecule has 136 valence electrons. The lowest BCUT2D eigenvalue weighted by Crippen LogP contribution is -2.30. The second-order valence-electron chi connectivity index (χ2n) is 5.72. The van der Waals surface area contributed by atoms with Crippen molar-refractivity contribution in [3.05, 3.63) is 42.2 Å². The Balaban J connectivity index is 0.00000225. The molecule has 0 amide bonds.